The van der Waals surface area contributed by atoms with E-state index in [-0.39, 0.29) is 6.04 Å². The maximum atomic E-state index is 10.6. The summed E-state index contributed by atoms with van der Waals surface area (Å²) in [5.41, 5.74) is 2.26. The van der Waals surface area contributed by atoms with E-state index in [0.29, 0.717) is 6.04 Å². The Morgan fingerprint density at radius 1 is 1.15 bits per heavy atom. The minimum Gasteiger partial charge on any atom is -0.387 e. The Balaban J connectivity index is 1.94. The molecule has 1 aliphatic rings. The largest absolute Gasteiger partial charge is 0.387 e. The van der Waals surface area contributed by atoms with Crippen LogP contribution in [-0.4, -0.2) is 54.2 Å². The zero-order valence-electron chi connectivity index (χ0n) is 13.2. The molecular weight excluding hydrogens is 248 g/mol. The molecule has 0 aliphatic carbocycles. The summed E-state index contributed by atoms with van der Waals surface area (Å²) in [4.78, 5) is 4.74. The fourth-order valence-corrected chi connectivity index (χ4v) is 3.05. The van der Waals surface area contributed by atoms with Crippen molar-refractivity contribution in [2.75, 3.05) is 27.2 Å². The molecule has 1 saturated heterocycles. The standard InChI is InChI=1S/C17H28N2O/c1-13-5-7-15(8-6-13)17(20)14(2)19-11-9-16(10-12-19)18(3)4/h5-8,14,16-17,20H,9-12H2,1-4H3. The fourth-order valence-electron chi connectivity index (χ4n) is 3.05. The van der Waals surface area contributed by atoms with E-state index in [0.717, 1.165) is 18.7 Å². The zero-order chi connectivity index (χ0) is 14.7. The second-order valence-corrected chi connectivity index (χ2v) is 6.33. The number of piperidine rings is 1. The molecule has 1 aromatic carbocycles. The molecule has 3 nitrogen and oxygen atoms in total. The van der Waals surface area contributed by atoms with Gasteiger partial charge >= 0.3 is 0 Å². The molecule has 1 aromatic rings. The molecule has 3 heteroatoms. The van der Waals surface area contributed by atoms with Crippen molar-refractivity contribution in [3.8, 4) is 0 Å². The van der Waals surface area contributed by atoms with Gasteiger partial charge in [-0.1, -0.05) is 29.8 Å². The van der Waals surface area contributed by atoms with Crippen LogP contribution < -0.4 is 0 Å². The molecule has 2 rings (SSSR count). The smallest absolute Gasteiger partial charge is 0.0942 e. The van der Waals surface area contributed by atoms with Gasteiger partial charge in [0.25, 0.3) is 0 Å². The second kappa shape index (κ2) is 6.70. The number of hydrogen-bond acceptors (Lipinski definition) is 3. The maximum absolute atomic E-state index is 10.6. The van der Waals surface area contributed by atoms with E-state index < -0.39 is 6.10 Å². The van der Waals surface area contributed by atoms with Crippen LogP contribution in [0.4, 0.5) is 0 Å². The predicted octanol–water partition coefficient (Wildman–Crippen LogP) is 2.44. The molecule has 0 aromatic heterocycles. The van der Waals surface area contributed by atoms with Crippen molar-refractivity contribution in [2.45, 2.75) is 44.9 Å². The number of aryl methyl sites for hydroxylation is 1. The molecular formula is C17H28N2O. The molecule has 1 aliphatic heterocycles. The van der Waals surface area contributed by atoms with E-state index in [2.05, 4.69) is 49.9 Å². The van der Waals surface area contributed by atoms with Crippen molar-refractivity contribution in [3.05, 3.63) is 35.4 Å². The topological polar surface area (TPSA) is 26.7 Å². The van der Waals surface area contributed by atoms with Crippen LogP contribution in [0.15, 0.2) is 24.3 Å². The van der Waals surface area contributed by atoms with Crippen LogP contribution in [0.25, 0.3) is 0 Å². The van der Waals surface area contributed by atoms with Gasteiger partial charge in [0.1, 0.15) is 0 Å². The zero-order valence-corrected chi connectivity index (χ0v) is 13.2. The number of likely N-dealkylation sites (tertiary alicyclic amines) is 1. The third-order valence-electron chi connectivity index (χ3n) is 4.68. The Labute approximate surface area is 123 Å². The number of benzene rings is 1. The highest BCUT2D eigenvalue weighted by Crippen LogP contribution is 2.25. The number of hydrogen-bond donors (Lipinski definition) is 1. The lowest BCUT2D eigenvalue weighted by Gasteiger charge is -2.39. The molecule has 1 fully saturated rings. The molecule has 0 spiro atoms. The third kappa shape index (κ3) is 3.60. The number of nitrogens with zero attached hydrogens (tertiary/aromatic N) is 2. The number of aliphatic hydroxyl groups excluding tert-OH is 1. The Morgan fingerprint density at radius 3 is 2.20 bits per heavy atom. The molecule has 0 bridgehead atoms. The van der Waals surface area contributed by atoms with Crippen LogP contribution in [-0.2, 0) is 0 Å². The summed E-state index contributed by atoms with van der Waals surface area (Å²) >= 11 is 0. The van der Waals surface area contributed by atoms with Gasteiger partial charge in [0.05, 0.1) is 6.10 Å². The fraction of sp³-hybridized carbons (Fsp3) is 0.647. The summed E-state index contributed by atoms with van der Waals surface area (Å²) in [6, 6.07) is 9.11. The van der Waals surface area contributed by atoms with Crippen LogP contribution in [0.5, 0.6) is 0 Å². The van der Waals surface area contributed by atoms with E-state index in [9.17, 15) is 5.11 Å². The van der Waals surface area contributed by atoms with Crippen LogP contribution >= 0.6 is 0 Å². The van der Waals surface area contributed by atoms with Crippen molar-refractivity contribution < 1.29 is 5.11 Å². The molecule has 2 atom stereocenters. The van der Waals surface area contributed by atoms with Gasteiger partial charge in [-0.25, -0.2) is 0 Å². The molecule has 112 valence electrons. The van der Waals surface area contributed by atoms with Gasteiger partial charge < -0.3 is 10.0 Å². The molecule has 1 heterocycles. The van der Waals surface area contributed by atoms with Gasteiger partial charge in [0, 0.05) is 25.2 Å². The summed E-state index contributed by atoms with van der Waals surface area (Å²) < 4.78 is 0. The van der Waals surface area contributed by atoms with Crippen LogP contribution in [0, 0.1) is 6.92 Å². The molecule has 0 radical (unpaired) electrons. The minimum atomic E-state index is -0.397. The quantitative estimate of drug-likeness (QED) is 0.915. The van der Waals surface area contributed by atoms with Crippen LogP contribution in [0.3, 0.4) is 0 Å². The van der Waals surface area contributed by atoms with Gasteiger partial charge in [0.2, 0.25) is 0 Å². The average Bonchev–Trinajstić information content (AvgIpc) is 2.46. The van der Waals surface area contributed by atoms with E-state index in [1.807, 2.05) is 12.1 Å². The second-order valence-electron chi connectivity index (χ2n) is 6.33. The highest BCUT2D eigenvalue weighted by molar-refractivity contribution is 5.24. The van der Waals surface area contributed by atoms with Gasteiger partial charge in [-0.2, -0.15) is 0 Å². The molecule has 2 unspecified atom stereocenters. The lowest BCUT2D eigenvalue weighted by Crippen LogP contribution is -2.47. The normalized spacial score (nSPS) is 21.1. The van der Waals surface area contributed by atoms with E-state index in [4.69, 9.17) is 0 Å². The monoisotopic (exact) mass is 276 g/mol. The highest BCUT2D eigenvalue weighted by atomic mass is 16.3. The van der Waals surface area contributed by atoms with Crippen molar-refractivity contribution in [1.29, 1.82) is 0 Å². The van der Waals surface area contributed by atoms with Crippen molar-refractivity contribution >= 4 is 0 Å². The van der Waals surface area contributed by atoms with Crippen LogP contribution in [0.2, 0.25) is 0 Å². The number of rotatable bonds is 4. The molecule has 1 N–H and O–H groups in total. The van der Waals surface area contributed by atoms with E-state index in [1.54, 1.807) is 0 Å². The summed E-state index contributed by atoms with van der Waals surface area (Å²) in [5, 5.41) is 10.6. The van der Waals surface area contributed by atoms with Gasteiger partial charge in [-0.3, -0.25) is 4.90 Å². The first-order valence-corrected chi connectivity index (χ1v) is 7.64. The van der Waals surface area contributed by atoms with E-state index in [1.165, 1.54) is 18.4 Å². The van der Waals surface area contributed by atoms with Gasteiger partial charge in [-0.05, 0) is 46.3 Å². The maximum Gasteiger partial charge on any atom is 0.0942 e. The van der Waals surface area contributed by atoms with Gasteiger partial charge in [0.15, 0.2) is 0 Å². The lowest BCUT2D eigenvalue weighted by atomic mass is 9.97. The van der Waals surface area contributed by atoms with Crippen molar-refractivity contribution in [3.63, 3.8) is 0 Å². The first-order chi connectivity index (χ1) is 9.49. The SMILES string of the molecule is Cc1ccc(C(O)C(C)N2CCC(N(C)C)CC2)cc1. The first-order valence-electron chi connectivity index (χ1n) is 7.64. The van der Waals surface area contributed by atoms with E-state index >= 15 is 0 Å². The van der Waals surface area contributed by atoms with Crippen molar-refractivity contribution in [1.82, 2.24) is 9.80 Å². The Bertz CT molecular complexity index is 408. The summed E-state index contributed by atoms with van der Waals surface area (Å²) in [6.07, 6.45) is 1.99. The summed E-state index contributed by atoms with van der Waals surface area (Å²) in [5.74, 6) is 0. The highest BCUT2D eigenvalue weighted by Gasteiger charge is 2.28. The minimum absolute atomic E-state index is 0.181. The van der Waals surface area contributed by atoms with Gasteiger partial charge in [-0.15, -0.1) is 0 Å². The predicted molar refractivity (Wildman–Crippen MR) is 83.9 cm³/mol. The average molecular weight is 276 g/mol. The first kappa shape index (κ1) is 15.5. The van der Waals surface area contributed by atoms with Crippen molar-refractivity contribution in [2.24, 2.45) is 0 Å². The summed E-state index contributed by atoms with van der Waals surface area (Å²) in [6.45, 7) is 6.37. The Morgan fingerprint density at radius 2 is 1.70 bits per heavy atom. The lowest BCUT2D eigenvalue weighted by molar-refractivity contribution is 0.0319. The Hall–Kier alpha value is -0.900. The number of aliphatic hydroxyl groups is 1. The molecule has 20 heavy (non-hydrogen) atoms. The Kier molecular flexibility index (Phi) is 5.19. The summed E-state index contributed by atoms with van der Waals surface area (Å²) in [7, 11) is 4.32. The van der Waals surface area contributed by atoms with Crippen LogP contribution in [0.1, 0.15) is 37.0 Å². The molecule has 0 amide bonds. The third-order valence-corrected chi connectivity index (χ3v) is 4.68. The molecule has 0 saturated carbocycles.